The van der Waals surface area contributed by atoms with Crippen LogP contribution < -0.4 is 31.9 Å². The third kappa shape index (κ3) is 16.7. The molecule has 2 heterocycles. The zero-order valence-corrected chi connectivity index (χ0v) is 39.0. The second-order valence-corrected chi connectivity index (χ2v) is 20.5. The monoisotopic (exact) mass is 927 g/mol. The Labute approximate surface area is 378 Å². The number of hydrogen-bond donors (Lipinski definition) is 9. The molecule has 0 aromatic carbocycles. The topological polar surface area (TPSA) is 290 Å². The van der Waals surface area contributed by atoms with E-state index in [0.29, 0.717) is 19.3 Å². The molecule has 21 heteroatoms. The summed E-state index contributed by atoms with van der Waals surface area (Å²) in [7, 11) is 0. The quantitative estimate of drug-likeness (QED) is 0.0418. The summed E-state index contributed by atoms with van der Waals surface area (Å²) in [5.41, 5.74) is 0. The number of nitrogens with one attached hydrogen (secondary N) is 6. The predicted octanol–water partition coefficient (Wildman–Crippen LogP) is 0.336. The van der Waals surface area contributed by atoms with Gasteiger partial charge in [-0.25, -0.2) is 0 Å². The number of rotatable bonds is 26. The average molecular weight is 928 g/mol. The number of aliphatic hydroxyl groups is 2. The minimum Gasteiger partial charge on any atom is -0.480 e. The van der Waals surface area contributed by atoms with Gasteiger partial charge >= 0.3 is 5.97 Å². The molecule has 8 atom stereocenters. The molecule has 8 unspecified atom stereocenters. The Bertz CT molecular complexity index is 1640. The van der Waals surface area contributed by atoms with E-state index in [4.69, 9.17) is 5.11 Å². The summed E-state index contributed by atoms with van der Waals surface area (Å²) in [6.07, 6.45) is 1.77. The summed E-state index contributed by atoms with van der Waals surface area (Å²) in [6, 6.07) is -6.37. The van der Waals surface area contributed by atoms with Crippen molar-refractivity contribution in [2.75, 3.05) is 24.6 Å². The molecule has 356 valence electrons. The molecule has 0 aromatic rings. The standard InChI is InChI=1S/C42H69N7O12S2/c1-7-11-28(35(55)40(60)43-21-32(53)54)45-38(58)31-20-42(62-18-19-63-42)22-49(31)41(61)34(27-12-9-8-10-13-27)48-39(59)33(23(2)3)47-37(57)30(17-15-25(5)51)46-36(56)29(44-26(6)52)16-14-24(4)50/h23,27-31,33-34,37,39,47-48,57,59H,7-22H2,1-6H3,(H,43,60)(H,44,52)(H,45,58)(H,46,56)(H,53,54). The van der Waals surface area contributed by atoms with Crippen molar-refractivity contribution >= 4 is 76.4 Å². The number of aliphatic carboxylic acids is 1. The van der Waals surface area contributed by atoms with E-state index in [9.17, 15) is 48.6 Å². The van der Waals surface area contributed by atoms with Crippen molar-refractivity contribution in [2.24, 2.45) is 11.8 Å². The molecule has 9 N–H and O–H groups in total. The number of ketones is 3. The lowest BCUT2D eigenvalue weighted by atomic mass is 9.82. The van der Waals surface area contributed by atoms with Crippen molar-refractivity contribution in [2.45, 2.75) is 171 Å². The van der Waals surface area contributed by atoms with E-state index < -0.39 is 101 Å². The van der Waals surface area contributed by atoms with Gasteiger partial charge in [0.1, 0.15) is 42.7 Å². The lowest BCUT2D eigenvalue weighted by Gasteiger charge is -2.39. The van der Waals surface area contributed by atoms with Crippen molar-refractivity contribution in [3.63, 3.8) is 0 Å². The van der Waals surface area contributed by atoms with Crippen LogP contribution in [0.15, 0.2) is 0 Å². The average Bonchev–Trinajstić information content (AvgIpc) is 3.86. The van der Waals surface area contributed by atoms with E-state index in [1.807, 2.05) is 0 Å². The van der Waals surface area contributed by atoms with Gasteiger partial charge in [0, 0.05) is 44.2 Å². The van der Waals surface area contributed by atoms with Gasteiger partial charge < -0.3 is 51.1 Å². The van der Waals surface area contributed by atoms with Crippen LogP contribution in [0.1, 0.15) is 119 Å². The molecule has 63 heavy (non-hydrogen) atoms. The molecule has 1 saturated carbocycles. The molecule has 1 spiro atoms. The maximum Gasteiger partial charge on any atom is 0.322 e. The number of carboxylic acids is 1. The number of likely N-dealkylation sites (tertiary alicyclic amines) is 1. The molecule has 2 aliphatic heterocycles. The van der Waals surface area contributed by atoms with E-state index in [1.54, 1.807) is 44.3 Å². The highest BCUT2D eigenvalue weighted by Crippen LogP contribution is 2.52. The Morgan fingerprint density at radius 1 is 0.778 bits per heavy atom. The Morgan fingerprint density at radius 3 is 1.95 bits per heavy atom. The molecule has 2 saturated heterocycles. The van der Waals surface area contributed by atoms with Gasteiger partial charge in [0.15, 0.2) is 0 Å². The Morgan fingerprint density at radius 2 is 1.40 bits per heavy atom. The van der Waals surface area contributed by atoms with Gasteiger partial charge in [-0.3, -0.25) is 44.2 Å². The van der Waals surface area contributed by atoms with E-state index in [2.05, 4.69) is 31.9 Å². The molecule has 1 aliphatic carbocycles. The number of hydrogen-bond acceptors (Lipinski definition) is 15. The Hall–Kier alpha value is -3.63. The lowest BCUT2D eigenvalue weighted by Crippen LogP contribution is -2.64. The molecule has 0 bridgehead atoms. The molecule has 5 amide bonds. The first-order chi connectivity index (χ1) is 29.7. The zero-order valence-electron chi connectivity index (χ0n) is 37.4. The van der Waals surface area contributed by atoms with Crippen molar-refractivity contribution in [3.8, 4) is 0 Å². The van der Waals surface area contributed by atoms with Crippen LogP contribution in [0.2, 0.25) is 0 Å². The van der Waals surface area contributed by atoms with Crippen LogP contribution in [0.25, 0.3) is 0 Å². The van der Waals surface area contributed by atoms with Crippen LogP contribution in [0.3, 0.4) is 0 Å². The highest BCUT2D eigenvalue weighted by molar-refractivity contribution is 8.21. The zero-order chi connectivity index (χ0) is 47.0. The summed E-state index contributed by atoms with van der Waals surface area (Å²) in [5, 5.41) is 48.8. The fourth-order valence-corrected chi connectivity index (χ4v) is 11.6. The van der Waals surface area contributed by atoms with Crippen LogP contribution in [0.4, 0.5) is 0 Å². The fourth-order valence-electron chi connectivity index (χ4n) is 8.35. The number of Topliss-reactive ketones (excluding diaryl/α,β-unsaturated/α-hetero) is 3. The summed E-state index contributed by atoms with van der Waals surface area (Å²) in [6.45, 7) is 8.75. The molecule has 0 aromatic heterocycles. The highest BCUT2D eigenvalue weighted by atomic mass is 32.2. The molecular weight excluding hydrogens is 859 g/mol. The predicted molar refractivity (Wildman–Crippen MR) is 237 cm³/mol. The summed E-state index contributed by atoms with van der Waals surface area (Å²) in [4.78, 5) is 117. The van der Waals surface area contributed by atoms with Crippen LogP contribution in [0, 0.1) is 11.8 Å². The second-order valence-electron chi connectivity index (χ2n) is 17.3. The molecule has 3 rings (SSSR count). The van der Waals surface area contributed by atoms with Crippen LogP contribution in [-0.4, -0.2) is 150 Å². The number of carbonyl (C=O) groups excluding carboxylic acids is 8. The maximum absolute atomic E-state index is 15.0. The summed E-state index contributed by atoms with van der Waals surface area (Å²) in [5.74, 6) is -5.10. The van der Waals surface area contributed by atoms with Gasteiger partial charge in [0.25, 0.3) is 5.91 Å². The fraction of sp³-hybridized carbons (Fsp3) is 0.786. The van der Waals surface area contributed by atoms with Crippen molar-refractivity contribution in [1.29, 1.82) is 0 Å². The smallest absolute Gasteiger partial charge is 0.322 e. The molecule has 0 radical (unpaired) electrons. The van der Waals surface area contributed by atoms with Crippen LogP contribution in [0.5, 0.6) is 0 Å². The second kappa shape index (κ2) is 25.8. The number of aliphatic hydroxyl groups excluding tert-OH is 2. The third-order valence-corrected chi connectivity index (χ3v) is 15.1. The van der Waals surface area contributed by atoms with Gasteiger partial charge in [-0.1, -0.05) is 46.5 Å². The van der Waals surface area contributed by atoms with Crippen molar-refractivity contribution in [1.82, 2.24) is 36.8 Å². The first-order valence-electron chi connectivity index (χ1n) is 22.1. The Kier molecular flexibility index (Phi) is 22.0. The van der Waals surface area contributed by atoms with Crippen LogP contribution >= 0.6 is 23.5 Å². The third-order valence-electron chi connectivity index (χ3n) is 11.7. The molecule has 3 aliphatic rings. The van der Waals surface area contributed by atoms with Crippen molar-refractivity contribution in [3.05, 3.63) is 0 Å². The highest BCUT2D eigenvalue weighted by Gasteiger charge is 2.53. The van der Waals surface area contributed by atoms with E-state index >= 15 is 4.79 Å². The molecule has 19 nitrogen and oxygen atoms in total. The van der Waals surface area contributed by atoms with E-state index in [1.165, 1.54) is 25.7 Å². The van der Waals surface area contributed by atoms with E-state index in [0.717, 1.165) is 30.8 Å². The van der Waals surface area contributed by atoms with Gasteiger partial charge in [0.05, 0.1) is 28.2 Å². The summed E-state index contributed by atoms with van der Waals surface area (Å²) >= 11 is 3.30. The number of carbonyl (C=O) groups is 9. The normalized spacial score (nSPS) is 20.8. The van der Waals surface area contributed by atoms with Gasteiger partial charge in [-0.2, -0.15) is 0 Å². The number of thioether (sulfide) groups is 2. The first kappa shape index (κ1) is 53.7. The van der Waals surface area contributed by atoms with Gasteiger partial charge in [-0.15, -0.1) is 23.5 Å². The van der Waals surface area contributed by atoms with Crippen LogP contribution in [-0.2, 0) is 43.2 Å². The SMILES string of the molecule is CCCC(NC(=O)C1CC2(CN1C(=O)C(NC(O)C(NC(O)C(CCC(C)=O)NC(=O)C(CCC(C)=O)NC(C)=O)C(C)C)C1CCCCC1)SCCS2)C(=O)C(=O)NCC(=O)O. The maximum atomic E-state index is 15.0. The number of nitrogens with zero attached hydrogens (tertiary/aromatic N) is 1. The number of carboxylic acid groups (broad SMARTS) is 1. The minimum absolute atomic E-state index is 0.000166. The van der Waals surface area contributed by atoms with Gasteiger partial charge in [-0.05, 0) is 57.8 Å². The minimum atomic E-state index is -1.53. The molecular formula is C42H69N7O12S2. The number of amides is 5. The van der Waals surface area contributed by atoms with Gasteiger partial charge in [0.2, 0.25) is 29.4 Å². The first-order valence-corrected chi connectivity index (χ1v) is 24.0. The molecule has 3 fully saturated rings. The van der Waals surface area contributed by atoms with E-state index in [-0.39, 0.29) is 68.5 Å². The largest absolute Gasteiger partial charge is 0.480 e. The Balaban J connectivity index is 1.91. The summed E-state index contributed by atoms with van der Waals surface area (Å²) < 4.78 is -0.507. The lowest BCUT2D eigenvalue weighted by molar-refractivity contribution is -0.145. The van der Waals surface area contributed by atoms with Crippen molar-refractivity contribution < 1.29 is 58.5 Å².